The molecule has 0 saturated carbocycles. The molecule has 0 aromatic carbocycles. The lowest BCUT2D eigenvalue weighted by molar-refractivity contribution is 0.0946. The largest absolute Gasteiger partial charge is 0.351 e. The van der Waals surface area contributed by atoms with Gasteiger partial charge in [-0.1, -0.05) is 0 Å². The van der Waals surface area contributed by atoms with Gasteiger partial charge in [-0.2, -0.15) is 5.10 Å². The van der Waals surface area contributed by atoms with Crippen LogP contribution in [-0.4, -0.2) is 61.3 Å². The van der Waals surface area contributed by atoms with Crippen molar-refractivity contribution < 1.29 is 13.2 Å². The van der Waals surface area contributed by atoms with Crippen molar-refractivity contribution in [1.82, 2.24) is 25.1 Å². The Labute approximate surface area is 130 Å². The fourth-order valence-electron chi connectivity index (χ4n) is 2.36. The van der Waals surface area contributed by atoms with Gasteiger partial charge in [-0.3, -0.25) is 9.89 Å². The van der Waals surface area contributed by atoms with E-state index in [4.69, 9.17) is 0 Å². The first-order valence-electron chi connectivity index (χ1n) is 7.44. The molecule has 0 saturated heterocycles. The van der Waals surface area contributed by atoms with Gasteiger partial charge in [-0.05, 0) is 13.3 Å². The van der Waals surface area contributed by atoms with E-state index in [0.717, 1.165) is 24.2 Å². The molecule has 2 heterocycles. The average Bonchev–Trinajstić information content (AvgIpc) is 2.95. The molecule has 1 amide bonds. The third-order valence-electron chi connectivity index (χ3n) is 3.80. The molecule has 0 atom stereocenters. The standard InChI is InChI=1S/C13H23N5O3S/c1-3-22(20,21)18(2)8-4-6-15-13(19)12-10-9-14-7-5-11(10)16-17-12/h14H,3-9H2,1-2H3,(H,15,19)(H,16,17). The van der Waals surface area contributed by atoms with Crippen LogP contribution in [0.15, 0.2) is 0 Å². The van der Waals surface area contributed by atoms with Gasteiger partial charge < -0.3 is 10.6 Å². The van der Waals surface area contributed by atoms with Crippen molar-refractivity contribution in [3.8, 4) is 0 Å². The number of aromatic nitrogens is 2. The third-order valence-corrected chi connectivity index (χ3v) is 5.66. The molecule has 9 heteroatoms. The first kappa shape index (κ1) is 16.9. The van der Waals surface area contributed by atoms with Crippen molar-refractivity contribution in [2.24, 2.45) is 0 Å². The number of aromatic amines is 1. The number of rotatable bonds is 7. The van der Waals surface area contributed by atoms with Crippen LogP contribution < -0.4 is 10.6 Å². The molecule has 0 fully saturated rings. The van der Waals surface area contributed by atoms with E-state index in [2.05, 4.69) is 20.8 Å². The molecule has 1 aliphatic heterocycles. The topological polar surface area (TPSA) is 107 Å². The number of amides is 1. The summed E-state index contributed by atoms with van der Waals surface area (Å²) in [5, 5.41) is 13.0. The van der Waals surface area contributed by atoms with E-state index in [0.29, 0.717) is 31.7 Å². The molecular formula is C13H23N5O3S. The normalized spacial score (nSPS) is 14.9. The van der Waals surface area contributed by atoms with Crippen LogP contribution in [0.4, 0.5) is 0 Å². The summed E-state index contributed by atoms with van der Waals surface area (Å²) >= 11 is 0. The summed E-state index contributed by atoms with van der Waals surface area (Å²) in [5.74, 6) is -0.135. The maximum absolute atomic E-state index is 12.1. The van der Waals surface area contributed by atoms with Gasteiger partial charge in [-0.25, -0.2) is 12.7 Å². The van der Waals surface area contributed by atoms with Gasteiger partial charge in [0.15, 0.2) is 5.69 Å². The zero-order chi connectivity index (χ0) is 16.2. The molecule has 8 nitrogen and oxygen atoms in total. The van der Waals surface area contributed by atoms with Gasteiger partial charge in [0.2, 0.25) is 10.0 Å². The third kappa shape index (κ3) is 3.84. The van der Waals surface area contributed by atoms with Crippen LogP contribution in [0.25, 0.3) is 0 Å². The number of hydrogen-bond acceptors (Lipinski definition) is 5. The van der Waals surface area contributed by atoms with Crippen molar-refractivity contribution in [3.05, 3.63) is 17.0 Å². The van der Waals surface area contributed by atoms with Gasteiger partial charge >= 0.3 is 0 Å². The molecule has 1 aliphatic rings. The van der Waals surface area contributed by atoms with E-state index < -0.39 is 10.0 Å². The van der Waals surface area contributed by atoms with Gasteiger partial charge in [0.1, 0.15) is 0 Å². The first-order chi connectivity index (χ1) is 10.5. The Morgan fingerprint density at radius 1 is 1.45 bits per heavy atom. The summed E-state index contributed by atoms with van der Waals surface area (Å²) in [4.78, 5) is 12.1. The molecule has 1 aromatic rings. The Morgan fingerprint density at radius 3 is 2.95 bits per heavy atom. The number of hydrogen-bond donors (Lipinski definition) is 3. The van der Waals surface area contributed by atoms with E-state index >= 15 is 0 Å². The maximum Gasteiger partial charge on any atom is 0.272 e. The molecule has 0 radical (unpaired) electrons. The fourth-order valence-corrected chi connectivity index (χ4v) is 3.21. The second-order valence-electron chi connectivity index (χ2n) is 5.29. The lowest BCUT2D eigenvalue weighted by Crippen LogP contribution is -2.33. The molecule has 3 N–H and O–H groups in total. The van der Waals surface area contributed by atoms with Gasteiger partial charge in [0, 0.05) is 50.9 Å². The Kier molecular flexibility index (Phi) is 5.54. The summed E-state index contributed by atoms with van der Waals surface area (Å²) in [6.45, 7) is 3.94. The van der Waals surface area contributed by atoms with E-state index in [1.165, 1.54) is 4.31 Å². The Balaban J connectivity index is 1.80. The molecule has 0 unspecified atom stereocenters. The fraction of sp³-hybridized carbons (Fsp3) is 0.692. The molecule has 1 aromatic heterocycles. The lowest BCUT2D eigenvalue weighted by Gasteiger charge is -2.16. The number of carbonyl (C=O) groups excluding carboxylic acids is 1. The average molecular weight is 329 g/mol. The number of H-pyrrole nitrogens is 1. The number of nitrogens with one attached hydrogen (secondary N) is 3. The SMILES string of the molecule is CCS(=O)(=O)N(C)CCCNC(=O)c1n[nH]c2c1CNCC2. The molecule has 2 rings (SSSR count). The zero-order valence-corrected chi connectivity index (χ0v) is 13.8. The second kappa shape index (κ2) is 7.21. The maximum atomic E-state index is 12.1. The summed E-state index contributed by atoms with van der Waals surface area (Å²) in [6, 6.07) is 0. The minimum atomic E-state index is -3.16. The van der Waals surface area contributed by atoms with Crippen LogP contribution in [0.2, 0.25) is 0 Å². The monoisotopic (exact) mass is 329 g/mol. The van der Waals surface area contributed by atoms with E-state index in [1.807, 2.05) is 0 Å². The van der Waals surface area contributed by atoms with Gasteiger partial charge in [-0.15, -0.1) is 0 Å². The van der Waals surface area contributed by atoms with Crippen LogP contribution in [0.5, 0.6) is 0 Å². The van der Waals surface area contributed by atoms with Crippen molar-refractivity contribution in [1.29, 1.82) is 0 Å². The highest BCUT2D eigenvalue weighted by molar-refractivity contribution is 7.89. The van der Waals surface area contributed by atoms with Crippen LogP contribution in [0, 0.1) is 0 Å². The highest BCUT2D eigenvalue weighted by atomic mass is 32.2. The molecular weight excluding hydrogens is 306 g/mol. The number of carbonyl (C=O) groups is 1. The predicted octanol–water partition coefficient (Wildman–Crippen LogP) is -0.543. The lowest BCUT2D eigenvalue weighted by atomic mass is 10.1. The van der Waals surface area contributed by atoms with E-state index in [-0.39, 0.29) is 11.7 Å². The minimum Gasteiger partial charge on any atom is -0.351 e. The van der Waals surface area contributed by atoms with Crippen LogP contribution >= 0.6 is 0 Å². The van der Waals surface area contributed by atoms with Crippen LogP contribution in [0.1, 0.15) is 35.1 Å². The Hall–Kier alpha value is -1.45. The van der Waals surface area contributed by atoms with Crippen LogP contribution in [0.3, 0.4) is 0 Å². The first-order valence-corrected chi connectivity index (χ1v) is 9.05. The highest BCUT2D eigenvalue weighted by Crippen LogP contribution is 2.14. The smallest absolute Gasteiger partial charge is 0.272 e. The Morgan fingerprint density at radius 2 is 2.23 bits per heavy atom. The van der Waals surface area contributed by atoms with Gasteiger partial charge in [0.05, 0.1) is 5.75 Å². The number of nitrogens with zero attached hydrogens (tertiary/aromatic N) is 2. The highest BCUT2D eigenvalue weighted by Gasteiger charge is 2.21. The van der Waals surface area contributed by atoms with Crippen molar-refractivity contribution in [2.75, 3.05) is 32.4 Å². The van der Waals surface area contributed by atoms with E-state index in [1.54, 1.807) is 14.0 Å². The van der Waals surface area contributed by atoms with Crippen molar-refractivity contribution in [3.63, 3.8) is 0 Å². The molecule has 124 valence electrons. The summed E-state index contributed by atoms with van der Waals surface area (Å²) in [7, 11) is -1.61. The summed E-state index contributed by atoms with van der Waals surface area (Å²) in [6.07, 6.45) is 1.40. The molecule has 0 bridgehead atoms. The Bertz CT molecular complexity index is 626. The predicted molar refractivity (Wildman–Crippen MR) is 83.0 cm³/mol. The van der Waals surface area contributed by atoms with Gasteiger partial charge in [0.25, 0.3) is 5.91 Å². The second-order valence-corrected chi connectivity index (χ2v) is 7.65. The number of sulfonamides is 1. The van der Waals surface area contributed by atoms with Crippen molar-refractivity contribution in [2.45, 2.75) is 26.3 Å². The molecule has 0 aliphatic carbocycles. The summed E-state index contributed by atoms with van der Waals surface area (Å²) < 4.78 is 24.5. The zero-order valence-electron chi connectivity index (χ0n) is 13.0. The van der Waals surface area contributed by atoms with Crippen LogP contribution in [-0.2, 0) is 23.0 Å². The molecule has 0 spiro atoms. The number of fused-ring (bicyclic) bond motifs is 1. The minimum absolute atomic E-state index is 0.0856. The van der Waals surface area contributed by atoms with Crippen molar-refractivity contribution >= 4 is 15.9 Å². The quantitative estimate of drug-likeness (QED) is 0.582. The molecule has 22 heavy (non-hydrogen) atoms. The summed E-state index contributed by atoms with van der Waals surface area (Å²) in [5.41, 5.74) is 2.36. The van der Waals surface area contributed by atoms with E-state index in [9.17, 15) is 13.2 Å².